The van der Waals surface area contributed by atoms with Gasteiger partial charge in [0.05, 0.1) is 6.26 Å². The molecule has 1 aromatic carbocycles. The molecule has 0 radical (unpaired) electrons. The Labute approximate surface area is 131 Å². The quantitative estimate of drug-likeness (QED) is 0.831. The maximum atomic E-state index is 11.9. The van der Waals surface area contributed by atoms with Crippen molar-refractivity contribution in [3.05, 3.63) is 34.9 Å². The molecule has 0 saturated heterocycles. The number of carbonyl (C=O) groups excluding carboxylic acids is 1. The highest BCUT2D eigenvalue weighted by Crippen LogP contribution is 2.10. The fourth-order valence-corrected chi connectivity index (χ4v) is 3.25. The van der Waals surface area contributed by atoms with Crippen LogP contribution in [0.4, 0.5) is 0 Å². The first-order chi connectivity index (χ1) is 9.75. The number of amides is 1. The van der Waals surface area contributed by atoms with Crippen LogP contribution in [0.2, 0.25) is 5.02 Å². The van der Waals surface area contributed by atoms with E-state index in [-0.39, 0.29) is 25.0 Å². The number of hydrogen-bond donors (Lipinski definition) is 1. The molecular weight excluding hydrogens is 312 g/mol. The molecular formula is C14H21ClN2O3S. The molecule has 5 nitrogen and oxygen atoms in total. The fourth-order valence-electron chi connectivity index (χ4n) is 1.90. The number of nitrogens with zero attached hydrogens (tertiary/aromatic N) is 1. The molecule has 1 rings (SSSR count). The lowest BCUT2D eigenvalue weighted by molar-refractivity contribution is 0.0950. The van der Waals surface area contributed by atoms with Gasteiger partial charge in [-0.3, -0.25) is 4.79 Å². The van der Waals surface area contributed by atoms with Crippen LogP contribution in [-0.4, -0.2) is 44.0 Å². The zero-order chi connectivity index (χ0) is 16.0. The van der Waals surface area contributed by atoms with Gasteiger partial charge in [0.15, 0.2) is 0 Å². The summed E-state index contributed by atoms with van der Waals surface area (Å²) in [6.45, 7) is 4.29. The van der Waals surface area contributed by atoms with Crippen molar-refractivity contribution in [1.29, 1.82) is 0 Å². The minimum absolute atomic E-state index is 0.0903. The fraction of sp³-hybridized carbons (Fsp3) is 0.500. The third-order valence-corrected chi connectivity index (χ3v) is 4.88. The minimum Gasteiger partial charge on any atom is -0.351 e. The second-order valence-corrected chi connectivity index (χ2v) is 7.27. The topological polar surface area (TPSA) is 66.5 Å². The Hall–Kier alpha value is -1.11. The summed E-state index contributed by atoms with van der Waals surface area (Å²) >= 11 is 5.76. The zero-order valence-corrected chi connectivity index (χ0v) is 14.0. The van der Waals surface area contributed by atoms with Crippen molar-refractivity contribution in [2.75, 3.05) is 19.3 Å². The van der Waals surface area contributed by atoms with E-state index in [2.05, 4.69) is 5.32 Å². The smallest absolute Gasteiger partial charge is 0.251 e. The summed E-state index contributed by atoms with van der Waals surface area (Å²) in [5.41, 5.74) is 0.494. The van der Waals surface area contributed by atoms with Gasteiger partial charge in [-0.15, -0.1) is 0 Å². The van der Waals surface area contributed by atoms with E-state index in [0.29, 0.717) is 10.6 Å². The number of benzene rings is 1. The Morgan fingerprint density at radius 3 is 2.38 bits per heavy atom. The summed E-state index contributed by atoms with van der Waals surface area (Å²) in [5, 5.41) is 3.27. The molecule has 0 heterocycles. The lowest BCUT2D eigenvalue weighted by atomic mass is 10.2. The van der Waals surface area contributed by atoms with Gasteiger partial charge in [-0.05, 0) is 37.6 Å². The van der Waals surface area contributed by atoms with Crippen molar-refractivity contribution in [2.24, 2.45) is 0 Å². The Bertz CT molecular complexity index is 572. The van der Waals surface area contributed by atoms with Gasteiger partial charge in [0.1, 0.15) is 0 Å². The second-order valence-electron chi connectivity index (χ2n) is 4.89. The number of halogens is 1. The molecule has 0 bridgehead atoms. The van der Waals surface area contributed by atoms with E-state index in [1.54, 1.807) is 24.3 Å². The predicted octanol–water partition coefficient (Wildman–Crippen LogP) is 2.13. The Balaban J connectivity index is 2.58. The largest absolute Gasteiger partial charge is 0.351 e. The van der Waals surface area contributed by atoms with Gasteiger partial charge in [0.25, 0.3) is 5.91 Å². The first-order valence-corrected chi connectivity index (χ1v) is 8.99. The number of rotatable bonds is 7. The van der Waals surface area contributed by atoms with Gasteiger partial charge in [-0.25, -0.2) is 8.42 Å². The molecule has 1 atom stereocenters. The van der Waals surface area contributed by atoms with E-state index < -0.39 is 10.0 Å². The van der Waals surface area contributed by atoms with Crippen molar-refractivity contribution in [3.8, 4) is 0 Å². The Morgan fingerprint density at radius 2 is 1.90 bits per heavy atom. The van der Waals surface area contributed by atoms with Crippen LogP contribution in [0.15, 0.2) is 24.3 Å². The van der Waals surface area contributed by atoms with Gasteiger partial charge >= 0.3 is 0 Å². The first-order valence-electron chi connectivity index (χ1n) is 6.76. The molecule has 1 amide bonds. The summed E-state index contributed by atoms with van der Waals surface area (Å²) in [4.78, 5) is 11.9. The van der Waals surface area contributed by atoms with E-state index in [0.717, 1.165) is 6.42 Å². The average molecular weight is 333 g/mol. The van der Waals surface area contributed by atoms with Gasteiger partial charge in [0.2, 0.25) is 10.0 Å². The molecule has 0 aliphatic rings. The summed E-state index contributed by atoms with van der Waals surface area (Å²) in [5.74, 6) is -0.246. The number of sulfonamides is 1. The van der Waals surface area contributed by atoms with Crippen LogP contribution in [0.1, 0.15) is 30.6 Å². The third kappa shape index (κ3) is 5.65. The van der Waals surface area contributed by atoms with Crippen LogP contribution in [0.5, 0.6) is 0 Å². The van der Waals surface area contributed by atoms with Crippen LogP contribution < -0.4 is 5.32 Å². The van der Waals surface area contributed by atoms with Crippen molar-refractivity contribution in [1.82, 2.24) is 9.62 Å². The van der Waals surface area contributed by atoms with Gasteiger partial charge in [0, 0.05) is 29.7 Å². The van der Waals surface area contributed by atoms with E-state index in [1.807, 2.05) is 13.8 Å². The van der Waals surface area contributed by atoms with Crippen molar-refractivity contribution < 1.29 is 13.2 Å². The molecule has 21 heavy (non-hydrogen) atoms. The van der Waals surface area contributed by atoms with Crippen molar-refractivity contribution >= 4 is 27.5 Å². The highest BCUT2D eigenvalue weighted by Gasteiger charge is 2.21. The van der Waals surface area contributed by atoms with Crippen LogP contribution in [0.3, 0.4) is 0 Å². The lowest BCUT2D eigenvalue weighted by Gasteiger charge is -2.25. The predicted molar refractivity (Wildman–Crippen MR) is 85.1 cm³/mol. The summed E-state index contributed by atoms with van der Waals surface area (Å²) in [6, 6.07) is 6.44. The molecule has 0 aromatic heterocycles. The van der Waals surface area contributed by atoms with Crippen molar-refractivity contribution in [2.45, 2.75) is 26.3 Å². The molecule has 7 heteroatoms. The standard InChI is InChI=1S/C14H21ClN2O3S/c1-4-11(2)17(21(3,19)20)10-9-16-14(18)12-5-7-13(15)8-6-12/h5-8,11H,4,9-10H2,1-3H3,(H,16,18). The van der Waals surface area contributed by atoms with Crippen LogP contribution in [-0.2, 0) is 10.0 Å². The molecule has 1 N–H and O–H groups in total. The Morgan fingerprint density at radius 1 is 1.33 bits per heavy atom. The van der Waals surface area contributed by atoms with E-state index in [1.165, 1.54) is 10.6 Å². The highest BCUT2D eigenvalue weighted by atomic mass is 35.5. The zero-order valence-electron chi connectivity index (χ0n) is 12.5. The molecule has 0 aliphatic heterocycles. The van der Waals surface area contributed by atoms with Gasteiger partial charge in [-0.2, -0.15) is 4.31 Å². The molecule has 0 fully saturated rings. The van der Waals surface area contributed by atoms with Gasteiger partial charge in [-0.1, -0.05) is 18.5 Å². The molecule has 1 unspecified atom stereocenters. The van der Waals surface area contributed by atoms with E-state index in [4.69, 9.17) is 11.6 Å². The summed E-state index contributed by atoms with van der Waals surface area (Å²) in [7, 11) is -3.28. The SMILES string of the molecule is CCC(C)N(CCNC(=O)c1ccc(Cl)cc1)S(C)(=O)=O. The monoisotopic (exact) mass is 332 g/mol. The van der Waals surface area contributed by atoms with Crippen LogP contribution in [0.25, 0.3) is 0 Å². The molecule has 0 spiro atoms. The Kier molecular flexibility index (Phi) is 6.64. The molecule has 0 aliphatic carbocycles. The molecule has 0 saturated carbocycles. The summed E-state index contributed by atoms with van der Waals surface area (Å²) in [6.07, 6.45) is 1.90. The number of nitrogens with one attached hydrogen (secondary N) is 1. The van der Waals surface area contributed by atoms with Gasteiger partial charge < -0.3 is 5.32 Å². The van der Waals surface area contributed by atoms with E-state index in [9.17, 15) is 13.2 Å². The maximum Gasteiger partial charge on any atom is 0.251 e. The molecule has 1 aromatic rings. The van der Waals surface area contributed by atoms with E-state index >= 15 is 0 Å². The van der Waals surface area contributed by atoms with Crippen LogP contribution >= 0.6 is 11.6 Å². The lowest BCUT2D eigenvalue weighted by Crippen LogP contribution is -2.42. The second kappa shape index (κ2) is 7.77. The highest BCUT2D eigenvalue weighted by molar-refractivity contribution is 7.88. The normalized spacial score (nSPS) is 13.2. The van der Waals surface area contributed by atoms with Crippen LogP contribution in [0, 0.1) is 0 Å². The summed E-state index contributed by atoms with van der Waals surface area (Å²) < 4.78 is 24.8. The number of carbonyl (C=O) groups is 1. The average Bonchev–Trinajstić information content (AvgIpc) is 2.42. The maximum absolute atomic E-state index is 11.9. The minimum atomic E-state index is -3.28. The third-order valence-electron chi connectivity index (χ3n) is 3.23. The number of hydrogen-bond acceptors (Lipinski definition) is 3. The first kappa shape index (κ1) is 17.9. The van der Waals surface area contributed by atoms with Crippen molar-refractivity contribution in [3.63, 3.8) is 0 Å². The molecule has 118 valence electrons.